The Labute approximate surface area is 323 Å². The maximum Gasteiger partial charge on any atom is 0.410 e. The molecule has 0 aliphatic rings. The highest BCUT2D eigenvalue weighted by Crippen LogP contribution is 2.30. The van der Waals surface area contributed by atoms with Crippen LogP contribution in [0, 0.1) is 0 Å². The van der Waals surface area contributed by atoms with Gasteiger partial charge in [0.1, 0.15) is 35.9 Å². The molecule has 3 aromatic heterocycles. The topological polar surface area (TPSA) is 146 Å². The fourth-order valence-electron chi connectivity index (χ4n) is 5.77. The van der Waals surface area contributed by atoms with Crippen LogP contribution >= 0.6 is 0 Å². The Hall–Kier alpha value is -5.63. The number of aliphatic hydroxyl groups is 1. The predicted molar refractivity (Wildman–Crippen MR) is 209 cm³/mol. The third kappa shape index (κ3) is 11.0. The molecule has 5 rings (SSSR count). The highest BCUT2D eigenvalue weighted by atomic mass is 16.6. The van der Waals surface area contributed by atoms with E-state index in [1.54, 1.807) is 50.3 Å². The highest BCUT2D eigenvalue weighted by molar-refractivity contribution is 5.67. The van der Waals surface area contributed by atoms with E-state index in [0.29, 0.717) is 48.2 Å². The van der Waals surface area contributed by atoms with Gasteiger partial charge in [-0.3, -0.25) is 0 Å². The van der Waals surface area contributed by atoms with Gasteiger partial charge in [-0.1, -0.05) is 44.5 Å². The Morgan fingerprint density at radius 1 is 0.891 bits per heavy atom. The summed E-state index contributed by atoms with van der Waals surface area (Å²) in [5.41, 5.74) is 2.84. The summed E-state index contributed by atoms with van der Waals surface area (Å²) in [4.78, 5) is 30.0. The number of carbonyl (C=O) groups is 1. The van der Waals surface area contributed by atoms with Crippen LogP contribution in [0.3, 0.4) is 0 Å². The summed E-state index contributed by atoms with van der Waals surface area (Å²) < 4.78 is 30.0. The summed E-state index contributed by atoms with van der Waals surface area (Å²) in [6, 6.07) is 19.4. The van der Waals surface area contributed by atoms with Gasteiger partial charge >= 0.3 is 12.1 Å². The minimum absolute atomic E-state index is 0.0931. The number of carbonyl (C=O) groups excluding carboxylic acids is 1. The molecule has 14 nitrogen and oxygen atoms in total. The molecule has 0 fully saturated rings. The zero-order chi connectivity index (χ0) is 39.5. The van der Waals surface area contributed by atoms with E-state index in [-0.39, 0.29) is 18.7 Å². The first-order valence-corrected chi connectivity index (χ1v) is 18.5. The number of amides is 1. The van der Waals surface area contributed by atoms with Crippen molar-refractivity contribution < 1.29 is 33.6 Å². The number of ether oxygens (including phenoxy) is 5. The van der Waals surface area contributed by atoms with Crippen LogP contribution in [-0.4, -0.2) is 86.8 Å². The summed E-state index contributed by atoms with van der Waals surface area (Å²) in [5, 5.41) is 16.5. The summed E-state index contributed by atoms with van der Waals surface area (Å²) in [5.74, 6) is 2.42. The van der Waals surface area contributed by atoms with Gasteiger partial charge in [0.05, 0.1) is 32.7 Å². The zero-order valence-corrected chi connectivity index (χ0v) is 33.1. The van der Waals surface area contributed by atoms with Crippen molar-refractivity contribution in [3.05, 3.63) is 95.4 Å². The second-order valence-corrected chi connectivity index (χ2v) is 14.2. The van der Waals surface area contributed by atoms with Crippen LogP contribution in [0.2, 0.25) is 0 Å². The molecule has 294 valence electrons. The number of fused-ring (bicyclic) bond motifs is 1. The van der Waals surface area contributed by atoms with E-state index in [9.17, 15) is 9.90 Å². The van der Waals surface area contributed by atoms with E-state index in [1.165, 1.54) is 4.90 Å². The zero-order valence-electron chi connectivity index (χ0n) is 33.1. The minimum Gasteiger partial charge on any atom is -0.497 e. The van der Waals surface area contributed by atoms with Gasteiger partial charge in [0, 0.05) is 38.0 Å². The van der Waals surface area contributed by atoms with Crippen molar-refractivity contribution in [2.75, 3.05) is 39.3 Å². The number of pyridine rings is 1. The van der Waals surface area contributed by atoms with Crippen molar-refractivity contribution >= 4 is 17.6 Å². The maximum atomic E-state index is 12.3. The highest BCUT2D eigenvalue weighted by Gasteiger charge is 2.25. The number of hydrogen-bond acceptors (Lipinski definition) is 12. The Morgan fingerprint density at radius 2 is 1.53 bits per heavy atom. The summed E-state index contributed by atoms with van der Waals surface area (Å²) >= 11 is 0. The fraction of sp³-hybridized carbons (Fsp3) is 0.439. The van der Waals surface area contributed by atoms with Crippen molar-refractivity contribution in [1.29, 1.82) is 0 Å². The molecule has 0 radical (unpaired) electrons. The van der Waals surface area contributed by atoms with Gasteiger partial charge in [0.25, 0.3) is 0 Å². The normalized spacial score (nSPS) is 12.5. The second kappa shape index (κ2) is 18.6. The van der Waals surface area contributed by atoms with Crippen LogP contribution in [0.1, 0.15) is 82.4 Å². The molecule has 0 aliphatic carbocycles. The minimum atomic E-state index is -1.14. The average Bonchev–Trinajstić information content (AvgIpc) is 3.61. The van der Waals surface area contributed by atoms with Gasteiger partial charge in [0.2, 0.25) is 5.88 Å². The van der Waals surface area contributed by atoms with E-state index in [1.807, 2.05) is 69.3 Å². The molecule has 14 heteroatoms. The molecule has 3 heterocycles. The SMILES string of the molecule is CCCC(CC)Oc1nc(N(Cc2ccc(OC)cc2)Cc2ccc(OC)cc2)c2ncc(C(O)c3ccc(OCCN(C)C(=O)OC(C)(C)C)nc3)n2n1. The standard InChI is InChI=1S/C41H53N7O7/c1-9-11-31(10-2)54-39-44-38(47(26-28-12-17-32(51-7)18-13-28)27-29-14-19-33(52-8)20-15-29)37-43-25-34(48(37)45-39)36(49)30-16-21-35(42-24-30)53-23-22-46(6)40(50)55-41(3,4)5/h12-21,24-25,31,36,49H,9-11,22-23,26-27H2,1-8H3. The molecule has 0 saturated carbocycles. The van der Waals surface area contributed by atoms with Gasteiger partial charge in [-0.25, -0.2) is 19.3 Å². The van der Waals surface area contributed by atoms with Crippen LogP contribution in [-0.2, 0) is 17.8 Å². The van der Waals surface area contributed by atoms with Crippen LogP contribution in [0.4, 0.5) is 10.6 Å². The molecule has 0 spiro atoms. The number of anilines is 1. The number of rotatable bonds is 18. The monoisotopic (exact) mass is 755 g/mol. The van der Waals surface area contributed by atoms with Crippen LogP contribution in [0.25, 0.3) is 5.65 Å². The lowest BCUT2D eigenvalue weighted by atomic mass is 10.1. The van der Waals surface area contributed by atoms with Gasteiger partial charge in [-0.15, -0.1) is 5.10 Å². The third-order valence-electron chi connectivity index (χ3n) is 8.79. The number of likely N-dealkylation sites (N-methyl/N-ethyl adjacent to an activating group) is 1. The first kappa shape index (κ1) is 40.6. The van der Waals surface area contributed by atoms with Crippen LogP contribution in [0.15, 0.2) is 73.1 Å². The van der Waals surface area contributed by atoms with Crippen molar-refractivity contribution in [1.82, 2.24) is 29.5 Å². The van der Waals surface area contributed by atoms with Crippen molar-refractivity contribution in [3.8, 4) is 23.4 Å². The second-order valence-electron chi connectivity index (χ2n) is 14.2. The molecule has 55 heavy (non-hydrogen) atoms. The summed E-state index contributed by atoms with van der Waals surface area (Å²) in [6.45, 7) is 11.1. The van der Waals surface area contributed by atoms with Crippen molar-refractivity contribution in [2.24, 2.45) is 0 Å². The lowest BCUT2D eigenvalue weighted by Gasteiger charge is -2.25. The third-order valence-corrected chi connectivity index (χ3v) is 8.79. The first-order chi connectivity index (χ1) is 26.4. The predicted octanol–water partition coefficient (Wildman–Crippen LogP) is 7.03. The molecule has 2 unspecified atom stereocenters. The number of aromatic nitrogens is 5. The number of nitrogens with zero attached hydrogens (tertiary/aromatic N) is 7. The lowest BCUT2D eigenvalue weighted by Crippen LogP contribution is -2.36. The van der Waals surface area contributed by atoms with Gasteiger partial charge in [-0.2, -0.15) is 4.98 Å². The fourth-order valence-corrected chi connectivity index (χ4v) is 5.77. The molecule has 0 saturated heterocycles. The van der Waals surface area contributed by atoms with E-state index in [2.05, 4.69) is 23.7 Å². The number of aliphatic hydroxyl groups excluding tert-OH is 1. The van der Waals surface area contributed by atoms with Gasteiger partial charge in [0.15, 0.2) is 11.5 Å². The van der Waals surface area contributed by atoms with E-state index in [0.717, 1.165) is 41.9 Å². The average molecular weight is 756 g/mol. The Kier molecular flexibility index (Phi) is 13.7. The van der Waals surface area contributed by atoms with Crippen molar-refractivity contribution in [3.63, 3.8) is 0 Å². The van der Waals surface area contributed by atoms with Crippen LogP contribution < -0.4 is 23.8 Å². The Morgan fingerprint density at radius 3 is 2.05 bits per heavy atom. The number of imidazole rings is 1. The smallest absolute Gasteiger partial charge is 0.410 e. The molecule has 2 atom stereocenters. The number of methoxy groups -OCH3 is 2. The van der Waals surface area contributed by atoms with E-state index < -0.39 is 17.8 Å². The van der Waals surface area contributed by atoms with Crippen molar-refractivity contribution in [2.45, 2.75) is 84.8 Å². The Balaban J connectivity index is 1.46. The molecule has 1 N–H and O–H groups in total. The lowest BCUT2D eigenvalue weighted by molar-refractivity contribution is 0.0277. The van der Waals surface area contributed by atoms with E-state index in [4.69, 9.17) is 38.8 Å². The maximum absolute atomic E-state index is 12.3. The summed E-state index contributed by atoms with van der Waals surface area (Å²) in [6.07, 6.45) is 4.04. The molecule has 0 aliphatic heterocycles. The molecular formula is C41H53N7O7. The molecule has 5 aromatic rings. The summed E-state index contributed by atoms with van der Waals surface area (Å²) in [7, 11) is 4.94. The number of benzene rings is 2. The number of hydrogen-bond donors (Lipinski definition) is 1. The van der Waals surface area contributed by atoms with Gasteiger partial charge in [-0.05, 0) is 75.1 Å². The van der Waals surface area contributed by atoms with Gasteiger partial charge < -0.3 is 38.6 Å². The first-order valence-electron chi connectivity index (χ1n) is 18.5. The molecule has 2 aromatic carbocycles. The molecular weight excluding hydrogens is 702 g/mol. The van der Waals surface area contributed by atoms with E-state index >= 15 is 0 Å². The molecule has 1 amide bonds. The Bertz CT molecular complexity index is 1910. The quantitative estimate of drug-likeness (QED) is 0.0980. The largest absolute Gasteiger partial charge is 0.497 e. The van der Waals surface area contributed by atoms with Crippen LogP contribution in [0.5, 0.6) is 23.4 Å². The molecule has 0 bridgehead atoms.